The molecule has 2 unspecified atom stereocenters. The predicted octanol–water partition coefficient (Wildman–Crippen LogP) is -0.154. The third-order valence-corrected chi connectivity index (χ3v) is 4.46. The number of nitrogens with zero attached hydrogens (tertiary/aromatic N) is 1. The molecule has 0 spiro atoms. The van der Waals surface area contributed by atoms with Crippen LogP contribution >= 0.6 is 0 Å². The fourth-order valence-electron chi connectivity index (χ4n) is 2.21. The van der Waals surface area contributed by atoms with E-state index in [9.17, 15) is 18.0 Å². The Morgan fingerprint density at radius 1 is 1.28 bits per heavy atom. The van der Waals surface area contributed by atoms with Crippen LogP contribution in [0.15, 0.2) is 0 Å². The van der Waals surface area contributed by atoms with E-state index < -0.39 is 33.1 Å². The highest BCUT2D eigenvalue weighted by Gasteiger charge is 2.66. The van der Waals surface area contributed by atoms with Crippen molar-refractivity contribution in [2.75, 3.05) is 25.6 Å². The normalized spacial score (nSPS) is 25.6. The molecule has 1 saturated carbocycles. The molecule has 1 amide bonds. The van der Waals surface area contributed by atoms with E-state index in [1.807, 2.05) is 0 Å². The van der Waals surface area contributed by atoms with Gasteiger partial charge in [0.15, 0.2) is 0 Å². The van der Waals surface area contributed by atoms with Gasteiger partial charge in [-0.15, -0.1) is 0 Å². The fourth-order valence-corrected chi connectivity index (χ4v) is 2.82. The molecule has 1 aliphatic carbocycles. The first-order valence-corrected chi connectivity index (χ1v) is 7.70. The number of carboxylic acid groups (broad SMARTS) is 1. The molecule has 7 heteroatoms. The average Bonchev–Trinajstić information content (AvgIpc) is 2.75. The molecule has 1 fully saturated rings. The summed E-state index contributed by atoms with van der Waals surface area (Å²) < 4.78 is 22.0. The van der Waals surface area contributed by atoms with Crippen LogP contribution in [0, 0.1) is 17.3 Å². The summed E-state index contributed by atoms with van der Waals surface area (Å²) in [5.74, 6) is -2.61. The van der Waals surface area contributed by atoms with E-state index in [4.69, 9.17) is 5.11 Å². The van der Waals surface area contributed by atoms with Crippen LogP contribution in [0.5, 0.6) is 0 Å². The topological polar surface area (TPSA) is 91.8 Å². The molecule has 0 aromatic heterocycles. The third kappa shape index (κ3) is 3.01. The summed E-state index contributed by atoms with van der Waals surface area (Å²) in [6, 6.07) is 0. The monoisotopic (exact) mass is 277 g/mol. The minimum Gasteiger partial charge on any atom is -0.481 e. The number of hydrogen-bond acceptors (Lipinski definition) is 4. The van der Waals surface area contributed by atoms with E-state index >= 15 is 0 Å². The Balaban J connectivity index is 2.64. The van der Waals surface area contributed by atoms with Crippen LogP contribution in [0.4, 0.5) is 0 Å². The largest absolute Gasteiger partial charge is 0.481 e. The second-order valence-corrected chi connectivity index (χ2v) is 7.76. The Labute approximate surface area is 107 Å². The first-order chi connectivity index (χ1) is 7.98. The van der Waals surface area contributed by atoms with Crippen LogP contribution in [0.3, 0.4) is 0 Å². The van der Waals surface area contributed by atoms with Crippen molar-refractivity contribution in [3.8, 4) is 0 Å². The van der Waals surface area contributed by atoms with Gasteiger partial charge in [0.05, 0.1) is 17.6 Å². The lowest BCUT2D eigenvalue weighted by Gasteiger charge is -2.17. The van der Waals surface area contributed by atoms with Gasteiger partial charge in [0.25, 0.3) is 0 Å². The van der Waals surface area contributed by atoms with E-state index in [0.717, 1.165) is 6.26 Å². The predicted molar refractivity (Wildman–Crippen MR) is 65.7 cm³/mol. The van der Waals surface area contributed by atoms with Crippen molar-refractivity contribution in [2.45, 2.75) is 13.8 Å². The molecule has 0 bridgehead atoms. The number of carbonyl (C=O) groups excluding carboxylic acids is 1. The molecule has 1 rings (SSSR count). The molecular weight excluding hydrogens is 258 g/mol. The standard InChI is InChI=1S/C11H19NO5S/c1-11(2)7(8(11)10(14)15)9(13)12(3)5-6-18(4,16)17/h7-8H,5-6H2,1-4H3,(H,14,15). The van der Waals surface area contributed by atoms with Gasteiger partial charge >= 0.3 is 5.97 Å². The number of aliphatic carboxylic acids is 1. The number of carbonyl (C=O) groups is 2. The van der Waals surface area contributed by atoms with Crippen LogP contribution in [0.2, 0.25) is 0 Å². The van der Waals surface area contributed by atoms with Gasteiger partial charge in [0.1, 0.15) is 9.84 Å². The molecule has 2 atom stereocenters. The summed E-state index contributed by atoms with van der Waals surface area (Å²) in [5, 5.41) is 8.98. The Morgan fingerprint density at radius 2 is 1.78 bits per heavy atom. The molecule has 18 heavy (non-hydrogen) atoms. The number of amides is 1. The molecule has 0 aliphatic heterocycles. The first-order valence-electron chi connectivity index (χ1n) is 5.64. The summed E-state index contributed by atoms with van der Waals surface area (Å²) in [7, 11) is -1.63. The Bertz CT molecular complexity index is 468. The van der Waals surface area contributed by atoms with Crippen molar-refractivity contribution in [3.63, 3.8) is 0 Å². The van der Waals surface area contributed by atoms with Crippen molar-refractivity contribution in [2.24, 2.45) is 17.3 Å². The first kappa shape index (κ1) is 14.9. The molecule has 0 aromatic rings. The van der Waals surface area contributed by atoms with Gasteiger partial charge in [-0.1, -0.05) is 13.8 Å². The third-order valence-electron chi connectivity index (χ3n) is 3.53. The van der Waals surface area contributed by atoms with E-state index in [2.05, 4.69) is 0 Å². The molecular formula is C11H19NO5S. The second-order valence-electron chi connectivity index (χ2n) is 5.50. The maximum atomic E-state index is 12.0. The van der Waals surface area contributed by atoms with E-state index in [-0.39, 0.29) is 18.2 Å². The zero-order chi connectivity index (χ0) is 14.3. The lowest BCUT2D eigenvalue weighted by molar-refractivity contribution is -0.141. The van der Waals surface area contributed by atoms with E-state index in [0.29, 0.717) is 0 Å². The van der Waals surface area contributed by atoms with Gasteiger partial charge < -0.3 is 10.0 Å². The number of rotatable bonds is 5. The lowest BCUT2D eigenvalue weighted by atomic mass is 10.1. The van der Waals surface area contributed by atoms with Gasteiger partial charge in [0, 0.05) is 19.8 Å². The van der Waals surface area contributed by atoms with Crippen LogP contribution in [0.1, 0.15) is 13.8 Å². The molecule has 1 N–H and O–H groups in total. The smallest absolute Gasteiger partial charge is 0.307 e. The van der Waals surface area contributed by atoms with Gasteiger partial charge in [0.2, 0.25) is 5.91 Å². The Kier molecular flexibility index (Phi) is 3.76. The van der Waals surface area contributed by atoms with Gasteiger partial charge in [-0.25, -0.2) is 8.42 Å². The van der Waals surface area contributed by atoms with Gasteiger partial charge in [-0.05, 0) is 5.41 Å². The summed E-state index contributed by atoms with van der Waals surface area (Å²) in [4.78, 5) is 24.3. The highest BCUT2D eigenvalue weighted by molar-refractivity contribution is 7.90. The zero-order valence-electron chi connectivity index (χ0n) is 11.0. The fraction of sp³-hybridized carbons (Fsp3) is 0.818. The number of hydrogen-bond donors (Lipinski definition) is 1. The SMILES string of the molecule is CN(CCS(C)(=O)=O)C(=O)C1C(C(=O)O)C1(C)C. The van der Waals surface area contributed by atoms with Crippen molar-refractivity contribution < 1.29 is 23.1 Å². The van der Waals surface area contributed by atoms with Crippen molar-refractivity contribution >= 4 is 21.7 Å². The molecule has 0 aromatic carbocycles. The van der Waals surface area contributed by atoms with Crippen LogP contribution in [0.25, 0.3) is 0 Å². The lowest BCUT2D eigenvalue weighted by Crippen LogP contribution is -2.33. The molecule has 6 nitrogen and oxygen atoms in total. The Hall–Kier alpha value is -1.11. The van der Waals surface area contributed by atoms with Crippen LogP contribution in [-0.4, -0.2) is 55.9 Å². The second kappa shape index (κ2) is 4.53. The summed E-state index contributed by atoms with van der Waals surface area (Å²) in [6.07, 6.45) is 1.10. The summed E-state index contributed by atoms with van der Waals surface area (Å²) in [5.41, 5.74) is -0.553. The van der Waals surface area contributed by atoms with Gasteiger partial charge in [-0.2, -0.15) is 0 Å². The van der Waals surface area contributed by atoms with Gasteiger partial charge in [-0.3, -0.25) is 9.59 Å². The Morgan fingerprint density at radius 3 is 2.11 bits per heavy atom. The maximum absolute atomic E-state index is 12.0. The maximum Gasteiger partial charge on any atom is 0.307 e. The minimum atomic E-state index is -3.13. The van der Waals surface area contributed by atoms with Crippen LogP contribution in [-0.2, 0) is 19.4 Å². The van der Waals surface area contributed by atoms with Crippen molar-refractivity contribution in [1.82, 2.24) is 4.90 Å². The molecule has 0 heterocycles. The molecule has 0 radical (unpaired) electrons. The van der Waals surface area contributed by atoms with Crippen LogP contribution < -0.4 is 0 Å². The zero-order valence-corrected chi connectivity index (χ0v) is 11.8. The van der Waals surface area contributed by atoms with Crippen molar-refractivity contribution in [3.05, 3.63) is 0 Å². The highest BCUT2D eigenvalue weighted by atomic mass is 32.2. The number of carboxylic acids is 1. The number of sulfone groups is 1. The van der Waals surface area contributed by atoms with E-state index in [1.54, 1.807) is 13.8 Å². The summed E-state index contributed by atoms with van der Waals surface area (Å²) >= 11 is 0. The van der Waals surface area contributed by atoms with Crippen molar-refractivity contribution in [1.29, 1.82) is 0 Å². The molecule has 104 valence electrons. The quantitative estimate of drug-likeness (QED) is 0.754. The van der Waals surface area contributed by atoms with E-state index in [1.165, 1.54) is 11.9 Å². The highest BCUT2D eigenvalue weighted by Crippen LogP contribution is 2.58. The molecule has 1 aliphatic rings. The molecule has 0 saturated heterocycles. The minimum absolute atomic E-state index is 0.0938. The summed E-state index contributed by atoms with van der Waals surface area (Å²) in [6.45, 7) is 3.56. The average molecular weight is 277 g/mol.